The highest BCUT2D eigenvalue weighted by atomic mass is 16.5. The first-order chi connectivity index (χ1) is 17.7. The Bertz CT molecular complexity index is 1210. The molecule has 1 aromatic carbocycles. The third-order valence-electron chi connectivity index (χ3n) is 8.50. The molecule has 1 saturated carbocycles. The van der Waals surface area contributed by atoms with Crippen molar-refractivity contribution in [2.24, 2.45) is 23.2 Å². The number of carbonyl (C=O) groups excluding carboxylic acids is 4. The van der Waals surface area contributed by atoms with E-state index in [0.717, 1.165) is 17.3 Å². The molecule has 2 aliphatic heterocycles. The maximum atomic E-state index is 13.8. The number of amides is 3. The number of benzene rings is 1. The first-order valence-corrected chi connectivity index (χ1v) is 12.8. The molecule has 37 heavy (non-hydrogen) atoms. The zero-order chi connectivity index (χ0) is 26.5. The molecule has 3 fully saturated rings. The fourth-order valence-electron chi connectivity index (χ4n) is 6.46. The summed E-state index contributed by atoms with van der Waals surface area (Å²) >= 11 is 0. The van der Waals surface area contributed by atoms with Crippen LogP contribution in [0.1, 0.15) is 43.6 Å². The van der Waals surface area contributed by atoms with E-state index in [1.165, 1.54) is 0 Å². The van der Waals surface area contributed by atoms with E-state index < -0.39 is 12.1 Å². The number of methoxy groups -OCH3 is 2. The third-order valence-corrected chi connectivity index (χ3v) is 8.50. The summed E-state index contributed by atoms with van der Waals surface area (Å²) in [6.07, 6.45) is 2.40. The molecule has 0 spiro atoms. The Labute approximate surface area is 215 Å². The highest BCUT2D eigenvalue weighted by Crippen LogP contribution is 2.57. The summed E-state index contributed by atoms with van der Waals surface area (Å²) in [7, 11) is 3.11. The van der Waals surface area contributed by atoms with E-state index in [9.17, 15) is 19.2 Å². The molecular formula is C27H34N4O6. The van der Waals surface area contributed by atoms with E-state index in [-0.39, 0.29) is 47.3 Å². The van der Waals surface area contributed by atoms with Crippen LogP contribution in [-0.2, 0) is 14.4 Å². The Morgan fingerprint density at radius 2 is 1.95 bits per heavy atom. The van der Waals surface area contributed by atoms with Gasteiger partial charge in [-0.25, -0.2) is 0 Å². The third kappa shape index (κ3) is 4.32. The predicted octanol–water partition coefficient (Wildman–Crippen LogP) is 1.88. The maximum absolute atomic E-state index is 13.8. The Morgan fingerprint density at radius 1 is 1.22 bits per heavy atom. The first-order valence-electron chi connectivity index (χ1n) is 12.8. The highest BCUT2D eigenvalue weighted by molar-refractivity contribution is 6.01. The molecular weight excluding hydrogens is 476 g/mol. The Kier molecular flexibility index (Phi) is 6.37. The zero-order valence-electron chi connectivity index (χ0n) is 21.6. The molecule has 5 rings (SSSR count). The maximum Gasteiger partial charge on any atom is 0.271 e. The summed E-state index contributed by atoms with van der Waals surface area (Å²) in [4.78, 5) is 55.9. The predicted molar refractivity (Wildman–Crippen MR) is 135 cm³/mol. The average Bonchev–Trinajstić information content (AvgIpc) is 3.57. The fourth-order valence-corrected chi connectivity index (χ4v) is 6.46. The zero-order valence-corrected chi connectivity index (χ0v) is 21.6. The normalized spacial score (nSPS) is 26.7. The number of H-pyrrole nitrogens is 1. The van der Waals surface area contributed by atoms with E-state index in [2.05, 4.69) is 29.5 Å². The van der Waals surface area contributed by atoms with Crippen LogP contribution in [-0.4, -0.2) is 73.3 Å². The molecule has 198 valence electrons. The van der Waals surface area contributed by atoms with Crippen LogP contribution in [0.15, 0.2) is 18.2 Å². The molecule has 0 bridgehead atoms. The lowest BCUT2D eigenvalue weighted by Gasteiger charge is -2.48. The first kappa shape index (κ1) is 25.1. The number of hydrogen-bond donors (Lipinski definition) is 3. The van der Waals surface area contributed by atoms with E-state index >= 15 is 0 Å². The monoisotopic (exact) mass is 510 g/mol. The fraction of sp³-hybridized carbons (Fsp3) is 0.556. The number of hydrogen-bond acceptors (Lipinski definition) is 6. The van der Waals surface area contributed by atoms with E-state index in [0.29, 0.717) is 43.0 Å². The Morgan fingerprint density at radius 3 is 2.57 bits per heavy atom. The van der Waals surface area contributed by atoms with Crippen molar-refractivity contribution in [2.75, 3.05) is 27.3 Å². The number of rotatable bonds is 8. The molecule has 2 saturated heterocycles. The SMILES string of the molecule is COc1cc2cc(C(=O)N3C[C@H]4[C@H](CC4(C)C)[C@H]3C(=O)N[C@H](C=O)C[C@@H]3CCNC3=O)[nH]c2cc1OC. The average molecular weight is 511 g/mol. The van der Waals surface area contributed by atoms with Gasteiger partial charge in [-0.05, 0) is 48.6 Å². The molecule has 3 amide bonds. The molecule has 1 aliphatic carbocycles. The minimum absolute atomic E-state index is 0.0191. The van der Waals surface area contributed by atoms with Crippen LogP contribution in [0.4, 0.5) is 0 Å². The lowest BCUT2D eigenvalue weighted by molar-refractivity contribution is -0.131. The van der Waals surface area contributed by atoms with Crippen LogP contribution in [0.5, 0.6) is 11.5 Å². The number of nitrogens with one attached hydrogen (secondary N) is 3. The highest BCUT2D eigenvalue weighted by Gasteiger charge is 2.60. The van der Waals surface area contributed by atoms with Crippen molar-refractivity contribution in [1.29, 1.82) is 0 Å². The van der Waals surface area contributed by atoms with Crippen LogP contribution >= 0.6 is 0 Å². The molecule has 10 nitrogen and oxygen atoms in total. The molecule has 3 N–H and O–H groups in total. The molecule has 5 atom stereocenters. The minimum atomic E-state index is -0.779. The van der Waals surface area contributed by atoms with Gasteiger partial charge in [-0.2, -0.15) is 0 Å². The van der Waals surface area contributed by atoms with Crippen LogP contribution in [0.2, 0.25) is 0 Å². The van der Waals surface area contributed by atoms with Crippen molar-refractivity contribution in [3.05, 3.63) is 23.9 Å². The quantitative estimate of drug-likeness (QED) is 0.465. The van der Waals surface area contributed by atoms with Gasteiger partial charge in [0.25, 0.3) is 5.91 Å². The van der Waals surface area contributed by atoms with Gasteiger partial charge in [0.15, 0.2) is 11.5 Å². The Balaban J connectivity index is 1.39. The number of aldehydes is 1. The van der Waals surface area contributed by atoms with Gasteiger partial charge in [0.05, 0.1) is 20.3 Å². The molecule has 0 unspecified atom stereocenters. The van der Waals surface area contributed by atoms with Crippen LogP contribution in [0.3, 0.4) is 0 Å². The number of likely N-dealkylation sites (tertiary alicyclic amines) is 1. The Hall–Kier alpha value is -3.56. The topological polar surface area (TPSA) is 130 Å². The van der Waals surface area contributed by atoms with Gasteiger partial charge < -0.3 is 34.8 Å². The van der Waals surface area contributed by atoms with Crippen molar-refractivity contribution < 1.29 is 28.7 Å². The van der Waals surface area contributed by atoms with Gasteiger partial charge in [0.2, 0.25) is 11.8 Å². The second-order valence-electron chi connectivity index (χ2n) is 11.1. The van der Waals surface area contributed by atoms with Gasteiger partial charge >= 0.3 is 0 Å². The van der Waals surface area contributed by atoms with Crippen molar-refractivity contribution in [2.45, 2.75) is 45.2 Å². The van der Waals surface area contributed by atoms with Gasteiger partial charge in [0, 0.05) is 36.0 Å². The van der Waals surface area contributed by atoms with Crippen LogP contribution in [0.25, 0.3) is 10.9 Å². The molecule has 3 aliphatic rings. The number of fused-ring (bicyclic) bond motifs is 2. The van der Waals surface area contributed by atoms with E-state index in [1.54, 1.807) is 37.3 Å². The van der Waals surface area contributed by atoms with Crippen molar-refractivity contribution in [3.8, 4) is 11.5 Å². The van der Waals surface area contributed by atoms with Crippen molar-refractivity contribution >= 4 is 34.9 Å². The lowest BCUT2D eigenvalue weighted by atomic mass is 9.55. The molecule has 3 heterocycles. The number of nitrogens with zero attached hydrogens (tertiary/aromatic N) is 1. The van der Waals surface area contributed by atoms with Gasteiger partial charge in [-0.3, -0.25) is 14.4 Å². The largest absolute Gasteiger partial charge is 0.493 e. The van der Waals surface area contributed by atoms with Gasteiger partial charge in [0.1, 0.15) is 18.0 Å². The van der Waals surface area contributed by atoms with Crippen LogP contribution < -0.4 is 20.1 Å². The summed E-state index contributed by atoms with van der Waals surface area (Å²) in [5.74, 6) is 0.312. The number of aromatic nitrogens is 1. The van der Waals surface area contributed by atoms with E-state index in [4.69, 9.17) is 9.47 Å². The summed E-state index contributed by atoms with van der Waals surface area (Å²) < 4.78 is 10.8. The molecule has 2 aromatic rings. The van der Waals surface area contributed by atoms with Gasteiger partial charge in [-0.15, -0.1) is 0 Å². The summed E-state index contributed by atoms with van der Waals surface area (Å²) in [5, 5.41) is 6.39. The summed E-state index contributed by atoms with van der Waals surface area (Å²) in [5.41, 5.74) is 1.11. The van der Waals surface area contributed by atoms with Crippen molar-refractivity contribution in [3.63, 3.8) is 0 Å². The summed E-state index contributed by atoms with van der Waals surface area (Å²) in [6, 6.07) is 3.88. The second kappa shape index (κ2) is 9.39. The lowest BCUT2D eigenvalue weighted by Crippen LogP contribution is -2.54. The molecule has 10 heteroatoms. The van der Waals surface area contributed by atoms with Crippen molar-refractivity contribution in [1.82, 2.24) is 20.5 Å². The summed E-state index contributed by atoms with van der Waals surface area (Å²) in [6.45, 7) is 5.36. The molecule has 0 radical (unpaired) electrons. The smallest absolute Gasteiger partial charge is 0.271 e. The van der Waals surface area contributed by atoms with Gasteiger partial charge in [-0.1, -0.05) is 13.8 Å². The molecule has 1 aromatic heterocycles. The number of ether oxygens (including phenoxy) is 2. The van der Waals surface area contributed by atoms with E-state index in [1.807, 2.05) is 0 Å². The number of carbonyl (C=O) groups is 4. The van der Waals surface area contributed by atoms with Crippen LogP contribution in [0, 0.1) is 23.2 Å². The second-order valence-corrected chi connectivity index (χ2v) is 11.1. The standard InChI is InChI=1S/C27H34N4O6/c1-27(2)11-17-18(27)12-31(23(17)25(34)29-16(13-32)7-14-5-6-28-24(14)33)26(35)20-8-15-9-21(36-3)22(37-4)10-19(15)30-20/h8-10,13-14,16-18,23,30H,5-7,11-12H2,1-4H3,(H,28,33)(H,29,34)/t14-,16-,17-,18-,23-/m0/s1. The number of aromatic amines is 1. The minimum Gasteiger partial charge on any atom is -0.493 e.